The fraction of sp³-hybridized carbons (Fsp3) is 0.133. The summed E-state index contributed by atoms with van der Waals surface area (Å²) >= 11 is 2.85. The van der Waals surface area contributed by atoms with Gasteiger partial charge in [0.1, 0.15) is 0 Å². The standard InChI is InChI=1S/C15H13N5O2S2/c21-12(18-8-11-3-1-6-23-11)7-10-9-24-15(19-10)20-14(22)13-16-4-2-5-17-13/h1-6,9H,7-8H2,(H,18,21)(H,19,20,22). The highest BCUT2D eigenvalue weighted by Gasteiger charge is 2.12. The number of thiophene rings is 1. The summed E-state index contributed by atoms with van der Waals surface area (Å²) in [4.78, 5) is 36.9. The molecule has 0 aliphatic carbocycles. The third-order valence-electron chi connectivity index (χ3n) is 2.92. The molecule has 3 aromatic rings. The van der Waals surface area contributed by atoms with Crippen LogP contribution in [0.4, 0.5) is 5.13 Å². The molecule has 0 spiro atoms. The first kappa shape index (κ1) is 16.2. The number of carbonyl (C=O) groups excluding carboxylic acids is 2. The second kappa shape index (κ2) is 7.75. The number of nitrogens with zero attached hydrogens (tertiary/aromatic N) is 3. The Morgan fingerprint density at radius 2 is 1.96 bits per heavy atom. The first-order valence-corrected chi connectivity index (χ1v) is 8.78. The molecular formula is C15H13N5O2S2. The summed E-state index contributed by atoms with van der Waals surface area (Å²) in [6.45, 7) is 0.510. The molecule has 0 saturated carbocycles. The van der Waals surface area contributed by atoms with E-state index in [0.717, 1.165) is 4.88 Å². The lowest BCUT2D eigenvalue weighted by Crippen LogP contribution is -2.24. The second-order valence-electron chi connectivity index (χ2n) is 4.70. The Bertz CT molecular complexity index is 818. The Kier molecular flexibility index (Phi) is 5.24. The van der Waals surface area contributed by atoms with Crippen molar-refractivity contribution in [1.29, 1.82) is 0 Å². The van der Waals surface area contributed by atoms with E-state index >= 15 is 0 Å². The van der Waals surface area contributed by atoms with Crippen LogP contribution in [0, 0.1) is 0 Å². The zero-order valence-corrected chi connectivity index (χ0v) is 14.1. The van der Waals surface area contributed by atoms with Gasteiger partial charge in [-0.15, -0.1) is 22.7 Å². The van der Waals surface area contributed by atoms with Crippen LogP contribution >= 0.6 is 22.7 Å². The summed E-state index contributed by atoms with van der Waals surface area (Å²) in [6, 6.07) is 5.54. The van der Waals surface area contributed by atoms with Crippen molar-refractivity contribution in [2.75, 3.05) is 5.32 Å². The Morgan fingerprint density at radius 1 is 1.12 bits per heavy atom. The third kappa shape index (κ3) is 4.43. The molecule has 0 unspecified atom stereocenters. The van der Waals surface area contributed by atoms with Crippen LogP contribution in [-0.4, -0.2) is 26.8 Å². The predicted octanol–water partition coefficient (Wildman–Crippen LogP) is 2.11. The van der Waals surface area contributed by atoms with Crippen LogP contribution in [0.25, 0.3) is 0 Å². The lowest BCUT2D eigenvalue weighted by Gasteiger charge is -2.02. The average molecular weight is 359 g/mol. The minimum absolute atomic E-state index is 0.0722. The maximum absolute atomic E-state index is 11.9. The van der Waals surface area contributed by atoms with Gasteiger partial charge in [0.25, 0.3) is 5.91 Å². The summed E-state index contributed by atoms with van der Waals surface area (Å²) in [6.07, 6.45) is 3.15. The highest BCUT2D eigenvalue weighted by molar-refractivity contribution is 7.14. The van der Waals surface area contributed by atoms with Crippen molar-refractivity contribution in [3.8, 4) is 0 Å². The van der Waals surface area contributed by atoms with Gasteiger partial charge in [-0.3, -0.25) is 14.9 Å². The molecule has 2 amide bonds. The van der Waals surface area contributed by atoms with Gasteiger partial charge in [0.2, 0.25) is 11.7 Å². The van der Waals surface area contributed by atoms with E-state index in [9.17, 15) is 9.59 Å². The maximum atomic E-state index is 11.9. The largest absolute Gasteiger partial charge is 0.351 e. The van der Waals surface area contributed by atoms with Gasteiger partial charge in [0.05, 0.1) is 18.7 Å². The van der Waals surface area contributed by atoms with E-state index in [-0.39, 0.29) is 18.2 Å². The molecule has 3 aromatic heterocycles. The zero-order chi connectivity index (χ0) is 16.8. The second-order valence-corrected chi connectivity index (χ2v) is 6.59. The summed E-state index contributed by atoms with van der Waals surface area (Å²) in [5, 5.41) is 9.58. The van der Waals surface area contributed by atoms with Gasteiger partial charge in [-0.25, -0.2) is 15.0 Å². The average Bonchev–Trinajstić information content (AvgIpc) is 3.26. The Labute approximate surface area is 145 Å². The van der Waals surface area contributed by atoms with Crippen molar-refractivity contribution in [3.63, 3.8) is 0 Å². The van der Waals surface area contributed by atoms with E-state index in [1.165, 1.54) is 23.7 Å². The molecule has 3 heterocycles. The molecule has 0 bridgehead atoms. The number of hydrogen-bond donors (Lipinski definition) is 2. The van der Waals surface area contributed by atoms with Crippen LogP contribution < -0.4 is 10.6 Å². The van der Waals surface area contributed by atoms with Crippen molar-refractivity contribution < 1.29 is 9.59 Å². The van der Waals surface area contributed by atoms with Gasteiger partial charge < -0.3 is 5.32 Å². The monoisotopic (exact) mass is 359 g/mol. The molecule has 24 heavy (non-hydrogen) atoms. The number of thiazole rings is 1. The summed E-state index contributed by atoms with van der Waals surface area (Å²) in [7, 11) is 0. The topological polar surface area (TPSA) is 96.9 Å². The number of amides is 2. The number of anilines is 1. The maximum Gasteiger partial charge on any atom is 0.295 e. The van der Waals surface area contributed by atoms with Gasteiger partial charge in [-0.05, 0) is 17.5 Å². The summed E-state index contributed by atoms with van der Waals surface area (Å²) < 4.78 is 0. The molecular weight excluding hydrogens is 346 g/mol. The lowest BCUT2D eigenvalue weighted by molar-refractivity contribution is -0.120. The molecule has 0 aliphatic rings. The molecule has 0 saturated heterocycles. The van der Waals surface area contributed by atoms with E-state index in [1.807, 2.05) is 17.5 Å². The van der Waals surface area contributed by atoms with Crippen molar-refractivity contribution in [2.45, 2.75) is 13.0 Å². The van der Waals surface area contributed by atoms with E-state index in [1.54, 1.807) is 22.8 Å². The SMILES string of the molecule is O=C(Cc1csc(NC(=O)c2ncccn2)n1)NCc1cccs1. The fourth-order valence-electron chi connectivity index (χ4n) is 1.84. The Balaban J connectivity index is 1.51. The van der Waals surface area contributed by atoms with Crippen LogP contribution in [0.1, 0.15) is 21.2 Å². The minimum atomic E-state index is -0.432. The molecule has 0 aliphatic heterocycles. The van der Waals surface area contributed by atoms with Crippen LogP contribution in [0.3, 0.4) is 0 Å². The molecule has 0 aromatic carbocycles. The molecule has 122 valence electrons. The van der Waals surface area contributed by atoms with Crippen LogP contribution in [0.5, 0.6) is 0 Å². The molecule has 3 rings (SSSR count). The lowest BCUT2D eigenvalue weighted by atomic mass is 10.3. The third-order valence-corrected chi connectivity index (χ3v) is 4.61. The van der Waals surface area contributed by atoms with E-state index in [2.05, 4.69) is 25.6 Å². The van der Waals surface area contributed by atoms with Crippen molar-refractivity contribution >= 4 is 39.6 Å². The molecule has 0 radical (unpaired) electrons. The first-order chi connectivity index (χ1) is 11.7. The normalized spacial score (nSPS) is 10.3. The predicted molar refractivity (Wildman–Crippen MR) is 92.0 cm³/mol. The Morgan fingerprint density at radius 3 is 2.71 bits per heavy atom. The number of aromatic nitrogens is 3. The molecule has 0 atom stereocenters. The van der Waals surface area contributed by atoms with Crippen LogP contribution in [0.15, 0.2) is 41.4 Å². The van der Waals surface area contributed by atoms with Crippen LogP contribution in [0.2, 0.25) is 0 Å². The quantitative estimate of drug-likeness (QED) is 0.702. The summed E-state index contributed by atoms with van der Waals surface area (Å²) in [5.41, 5.74) is 0.605. The van der Waals surface area contributed by atoms with E-state index in [0.29, 0.717) is 17.4 Å². The van der Waals surface area contributed by atoms with Gasteiger partial charge in [-0.1, -0.05) is 6.07 Å². The molecule has 2 N–H and O–H groups in total. The zero-order valence-electron chi connectivity index (χ0n) is 12.4. The first-order valence-electron chi connectivity index (χ1n) is 7.02. The smallest absolute Gasteiger partial charge is 0.295 e. The molecule has 0 fully saturated rings. The highest BCUT2D eigenvalue weighted by Crippen LogP contribution is 2.16. The number of rotatable bonds is 6. The van der Waals surface area contributed by atoms with Crippen molar-refractivity contribution in [1.82, 2.24) is 20.3 Å². The molecule has 7 nitrogen and oxygen atoms in total. The Hall–Kier alpha value is -2.65. The number of hydrogen-bond acceptors (Lipinski definition) is 7. The van der Waals surface area contributed by atoms with Crippen molar-refractivity contribution in [2.24, 2.45) is 0 Å². The number of carbonyl (C=O) groups is 2. The fourth-order valence-corrected chi connectivity index (χ4v) is 3.19. The van der Waals surface area contributed by atoms with Gasteiger partial charge >= 0.3 is 0 Å². The molecule has 9 heteroatoms. The summed E-state index contributed by atoms with van der Waals surface area (Å²) in [5.74, 6) is -0.473. The number of nitrogens with one attached hydrogen (secondary N) is 2. The van der Waals surface area contributed by atoms with E-state index in [4.69, 9.17) is 0 Å². The minimum Gasteiger partial charge on any atom is -0.351 e. The highest BCUT2D eigenvalue weighted by atomic mass is 32.1. The van der Waals surface area contributed by atoms with E-state index < -0.39 is 5.91 Å². The van der Waals surface area contributed by atoms with Crippen molar-refractivity contribution in [3.05, 3.63) is 57.7 Å². The van der Waals surface area contributed by atoms with Gasteiger partial charge in [-0.2, -0.15) is 0 Å². The van der Waals surface area contributed by atoms with Gasteiger partial charge in [0, 0.05) is 22.7 Å². The van der Waals surface area contributed by atoms with Gasteiger partial charge in [0.15, 0.2) is 5.13 Å². The van der Waals surface area contributed by atoms with Crippen LogP contribution in [-0.2, 0) is 17.8 Å².